The van der Waals surface area contributed by atoms with Crippen molar-refractivity contribution in [1.82, 2.24) is 20.5 Å². The van der Waals surface area contributed by atoms with Gasteiger partial charge in [-0.05, 0) is 44.2 Å². The Hall–Kier alpha value is -2.32. The van der Waals surface area contributed by atoms with Gasteiger partial charge in [-0.1, -0.05) is 18.9 Å². The number of aromatic nitrogens is 3. The Labute approximate surface area is 178 Å². The van der Waals surface area contributed by atoms with Gasteiger partial charge in [0, 0.05) is 10.9 Å². The first kappa shape index (κ1) is 20.0. The molecule has 6 nitrogen and oxygen atoms in total. The maximum atomic E-state index is 12.9. The highest BCUT2D eigenvalue weighted by Gasteiger charge is 2.43. The van der Waals surface area contributed by atoms with Crippen LogP contribution in [0.25, 0.3) is 10.6 Å². The van der Waals surface area contributed by atoms with E-state index in [2.05, 4.69) is 26.6 Å². The minimum absolute atomic E-state index is 0.110. The summed E-state index contributed by atoms with van der Waals surface area (Å²) in [6.45, 7) is 4.76. The Morgan fingerprint density at radius 3 is 2.66 bits per heavy atom. The third-order valence-electron chi connectivity index (χ3n) is 5.30. The molecule has 1 N–H and O–H groups in total. The molecular weight excluding hydrogens is 404 g/mol. The Balaban J connectivity index is 1.30. The van der Waals surface area contributed by atoms with Crippen molar-refractivity contribution < 1.29 is 9.53 Å². The van der Waals surface area contributed by atoms with E-state index in [-0.39, 0.29) is 11.3 Å². The largest absolute Gasteiger partial charge is 0.475 e. The van der Waals surface area contributed by atoms with Crippen molar-refractivity contribution in [2.45, 2.75) is 44.9 Å². The number of rotatable bonds is 7. The van der Waals surface area contributed by atoms with E-state index in [0.29, 0.717) is 19.0 Å². The van der Waals surface area contributed by atoms with Crippen LogP contribution in [-0.4, -0.2) is 34.2 Å². The van der Waals surface area contributed by atoms with Crippen LogP contribution in [0, 0.1) is 13.8 Å². The lowest BCUT2D eigenvalue weighted by Crippen LogP contribution is -2.43. The number of aryl methyl sites for hydroxylation is 2. The molecule has 1 fully saturated rings. The summed E-state index contributed by atoms with van der Waals surface area (Å²) in [4.78, 5) is 19.5. The molecule has 0 spiro atoms. The summed E-state index contributed by atoms with van der Waals surface area (Å²) in [5.41, 5.74) is 1.40. The second-order valence-corrected chi connectivity index (χ2v) is 9.43. The third kappa shape index (κ3) is 4.18. The molecule has 1 aliphatic rings. The van der Waals surface area contributed by atoms with E-state index in [4.69, 9.17) is 4.74 Å². The second-order valence-electron chi connectivity index (χ2n) is 7.28. The van der Waals surface area contributed by atoms with Gasteiger partial charge in [-0.3, -0.25) is 4.79 Å². The normalized spacial score (nSPS) is 15.4. The predicted molar refractivity (Wildman–Crippen MR) is 116 cm³/mol. The number of hydrogen-bond acceptors (Lipinski definition) is 7. The monoisotopic (exact) mass is 428 g/mol. The van der Waals surface area contributed by atoms with Crippen molar-refractivity contribution in [2.75, 3.05) is 13.2 Å². The number of nitrogens with zero attached hydrogens (tertiary/aromatic N) is 3. The van der Waals surface area contributed by atoms with E-state index in [9.17, 15) is 4.79 Å². The molecule has 8 heteroatoms. The highest BCUT2D eigenvalue weighted by atomic mass is 32.1. The lowest BCUT2D eigenvalue weighted by Gasteiger charge is -2.26. The fraction of sp³-hybridized carbons (Fsp3) is 0.429. The quantitative estimate of drug-likeness (QED) is 0.568. The van der Waals surface area contributed by atoms with E-state index >= 15 is 0 Å². The molecular formula is C21H24N4O2S2. The minimum Gasteiger partial charge on any atom is -0.475 e. The highest BCUT2D eigenvalue weighted by molar-refractivity contribution is 7.15. The van der Waals surface area contributed by atoms with E-state index in [1.807, 2.05) is 37.4 Å². The zero-order chi connectivity index (χ0) is 20.3. The first-order valence-corrected chi connectivity index (χ1v) is 11.5. The summed E-state index contributed by atoms with van der Waals surface area (Å²) >= 11 is 3.28. The van der Waals surface area contributed by atoms with Crippen LogP contribution in [0.1, 0.15) is 41.3 Å². The molecule has 0 aliphatic heterocycles. The van der Waals surface area contributed by atoms with Gasteiger partial charge in [0.1, 0.15) is 12.3 Å². The van der Waals surface area contributed by atoms with Crippen molar-refractivity contribution >= 4 is 28.6 Å². The van der Waals surface area contributed by atoms with Crippen LogP contribution < -0.4 is 10.1 Å². The Bertz CT molecular complexity index is 961. The molecule has 3 aromatic heterocycles. The SMILES string of the molecule is Cc1nc(C)c(-c2ccc(OCCNC(=O)C3(c4cccs4)CCCC3)nn2)s1. The molecule has 1 aliphatic carbocycles. The van der Waals surface area contributed by atoms with Gasteiger partial charge in [0.25, 0.3) is 0 Å². The lowest BCUT2D eigenvalue weighted by molar-refractivity contribution is -0.126. The number of carbonyl (C=O) groups is 1. The van der Waals surface area contributed by atoms with Crippen LogP contribution in [0.5, 0.6) is 5.88 Å². The summed E-state index contributed by atoms with van der Waals surface area (Å²) in [7, 11) is 0. The number of carbonyl (C=O) groups excluding carboxylic acids is 1. The van der Waals surface area contributed by atoms with Crippen LogP contribution in [-0.2, 0) is 10.2 Å². The van der Waals surface area contributed by atoms with Crippen molar-refractivity contribution in [1.29, 1.82) is 0 Å². The Morgan fingerprint density at radius 2 is 2.03 bits per heavy atom. The molecule has 152 valence electrons. The average molecular weight is 429 g/mol. The topological polar surface area (TPSA) is 77.0 Å². The standard InChI is InChI=1S/C21H24N4O2S2/c1-14-19(29-15(2)23-14)16-7-8-18(25-24-16)27-12-11-22-20(26)21(9-3-4-10-21)17-6-5-13-28-17/h5-8,13H,3-4,9-12H2,1-2H3,(H,22,26). The van der Waals surface area contributed by atoms with Crippen molar-refractivity contribution in [2.24, 2.45) is 0 Å². The van der Waals surface area contributed by atoms with E-state index in [1.54, 1.807) is 22.7 Å². The first-order chi connectivity index (χ1) is 14.1. The molecule has 0 aromatic carbocycles. The van der Waals surface area contributed by atoms with Gasteiger partial charge in [-0.2, -0.15) is 0 Å². The molecule has 0 atom stereocenters. The minimum atomic E-state index is -0.361. The summed E-state index contributed by atoms with van der Waals surface area (Å²) < 4.78 is 5.67. The molecule has 0 bridgehead atoms. The smallest absolute Gasteiger partial charge is 0.233 e. The fourth-order valence-corrected chi connectivity index (χ4v) is 5.76. The maximum absolute atomic E-state index is 12.9. The number of nitrogens with one attached hydrogen (secondary N) is 1. The van der Waals surface area contributed by atoms with Crippen molar-refractivity contribution in [3.8, 4) is 16.5 Å². The van der Waals surface area contributed by atoms with Gasteiger partial charge in [0.2, 0.25) is 11.8 Å². The molecule has 0 unspecified atom stereocenters. The summed E-state index contributed by atoms with van der Waals surface area (Å²) in [5, 5.41) is 14.5. The van der Waals surface area contributed by atoms with Crippen LogP contribution in [0.3, 0.4) is 0 Å². The molecule has 3 heterocycles. The third-order valence-corrected chi connectivity index (χ3v) is 7.47. The number of amides is 1. The molecule has 1 saturated carbocycles. The zero-order valence-electron chi connectivity index (χ0n) is 16.6. The summed E-state index contributed by atoms with van der Waals surface area (Å²) in [6, 6.07) is 7.80. The fourth-order valence-electron chi connectivity index (χ4n) is 3.89. The Kier molecular flexibility index (Phi) is 5.91. The number of ether oxygens (including phenoxy) is 1. The van der Waals surface area contributed by atoms with E-state index < -0.39 is 0 Å². The van der Waals surface area contributed by atoms with E-state index in [1.165, 1.54) is 4.88 Å². The highest BCUT2D eigenvalue weighted by Crippen LogP contribution is 2.43. The average Bonchev–Trinajstić information content (AvgIpc) is 3.47. The van der Waals surface area contributed by atoms with Gasteiger partial charge < -0.3 is 10.1 Å². The Morgan fingerprint density at radius 1 is 1.21 bits per heavy atom. The van der Waals surface area contributed by atoms with Gasteiger partial charge in [0.15, 0.2) is 0 Å². The van der Waals surface area contributed by atoms with Gasteiger partial charge in [0.05, 0.1) is 27.5 Å². The molecule has 0 radical (unpaired) electrons. The molecule has 3 aromatic rings. The predicted octanol–water partition coefficient (Wildman–Crippen LogP) is 4.29. The van der Waals surface area contributed by atoms with Gasteiger partial charge in [-0.25, -0.2) is 4.98 Å². The van der Waals surface area contributed by atoms with Crippen molar-refractivity contribution in [3.05, 3.63) is 45.2 Å². The maximum Gasteiger partial charge on any atom is 0.233 e. The molecule has 1 amide bonds. The van der Waals surface area contributed by atoms with Crippen LogP contribution in [0.4, 0.5) is 0 Å². The second kappa shape index (κ2) is 8.59. The molecule has 29 heavy (non-hydrogen) atoms. The number of thiazole rings is 1. The first-order valence-electron chi connectivity index (χ1n) is 9.82. The van der Waals surface area contributed by atoms with Crippen LogP contribution in [0.15, 0.2) is 29.6 Å². The number of thiophene rings is 1. The summed E-state index contributed by atoms with van der Waals surface area (Å²) in [6.07, 6.45) is 4.04. The molecule has 0 saturated heterocycles. The van der Waals surface area contributed by atoms with Gasteiger partial charge >= 0.3 is 0 Å². The van der Waals surface area contributed by atoms with Crippen LogP contribution >= 0.6 is 22.7 Å². The van der Waals surface area contributed by atoms with E-state index in [0.717, 1.165) is 47.0 Å². The zero-order valence-corrected chi connectivity index (χ0v) is 18.2. The number of hydrogen-bond donors (Lipinski definition) is 1. The van der Waals surface area contributed by atoms with Gasteiger partial charge in [-0.15, -0.1) is 32.9 Å². The van der Waals surface area contributed by atoms with Crippen LogP contribution in [0.2, 0.25) is 0 Å². The summed E-state index contributed by atoms with van der Waals surface area (Å²) in [5.74, 6) is 0.564. The molecule has 4 rings (SSSR count). The van der Waals surface area contributed by atoms with Crippen molar-refractivity contribution in [3.63, 3.8) is 0 Å². The lowest BCUT2D eigenvalue weighted by atomic mass is 9.83.